The molecule has 8 heteroatoms. The molecule has 0 aliphatic rings. The van der Waals surface area contributed by atoms with Gasteiger partial charge in [-0.05, 0) is 69.0 Å². The third-order valence-electron chi connectivity index (χ3n) is 6.53. The summed E-state index contributed by atoms with van der Waals surface area (Å²) in [4.78, 5) is 28.4. The highest BCUT2D eigenvalue weighted by atomic mass is 32.2. The molecule has 1 N–H and O–H groups in total. The summed E-state index contributed by atoms with van der Waals surface area (Å²) in [6, 6.07) is 22.2. The highest BCUT2D eigenvalue weighted by Crippen LogP contribution is 2.27. The summed E-state index contributed by atoms with van der Waals surface area (Å²) in [6.07, 6.45) is 0. The molecule has 0 aliphatic carbocycles. The molecule has 0 fully saturated rings. The molecule has 3 aromatic rings. The molecule has 0 bridgehead atoms. The van der Waals surface area contributed by atoms with Crippen molar-refractivity contribution in [2.45, 2.75) is 71.0 Å². The van der Waals surface area contributed by atoms with Crippen molar-refractivity contribution in [1.82, 2.24) is 10.2 Å². The van der Waals surface area contributed by atoms with E-state index in [1.165, 1.54) is 4.90 Å². The van der Waals surface area contributed by atoms with Crippen molar-refractivity contribution in [3.63, 3.8) is 0 Å². The van der Waals surface area contributed by atoms with E-state index in [4.69, 9.17) is 0 Å². The van der Waals surface area contributed by atoms with E-state index in [-0.39, 0.29) is 29.3 Å². The monoisotopic (exact) mass is 549 g/mol. The van der Waals surface area contributed by atoms with Gasteiger partial charge in [0.15, 0.2) is 0 Å². The van der Waals surface area contributed by atoms with Gasteiger partial charge in [0.05, 0.1) is 10.6 Å². The number of carbonyl (C=O) groups is 2. The van der Waals surface area contributed by atoms with Crippen LogP contribution in [0.2, 0.25) is 0 Å². The maximum atomic E-state index is 13.9. The molecule has 39 heavy (non-hydrogen) atoms. The SMILES string of the molecule is Cc1ccc(S(=O)(=O)N(CC(=O)N(Cc2ccccc2)[C@H](C)C(=O)NC(C)C)c2ccc(C(C)C)cc2)cc1. The van der Waals surface area contributed by atoms with Gasteiger partial charge in [0.1, 0.15) is 12.6 Å². The van der Waals surface area contributed by atoms with E-state index in [9.17, 15) is 18.0 Å². The van der Waals surface area contributed by atoms with Crippen LogP contribution in [0.15, 0.2) is 83.8 Å². The predicted molar refractivity (Wildman–Crippen MR) is 156 cm³/mol. The fraction of sp³-hybridized carbons (Fsp3) is 0.355. The van der Waals surface area contributed by atoms with E-state index in [0.29, 0.717) is 5.69 Å². The van der Waals surface area contributed by atoms with Crippen LogP contribution in [0.4, 0.5) is 5.69 Å². The van der Waals surface area contributed by atoms with Gasteiger partial charge in [0.2, 0.25) is 11.8 Å². The van der Waals surface area contributed by atoms with Crippen LogP contribution in [0.1, 0.15) is 57.2 Å². The van der Waals surface area contributed by atoms with Crippen molar-refractivity contribution in [1.29, 1.82) is 0 Å². The predicted octanol–water partition coefficient (Wildman–Crippen LogP) is 5.26. The molecule has 0 saturated carbocycles. The fourth-order valence-electron chi connectivity index (χ4n) is 4.16. The first-order valence-corrected chi connectivity index (χ1v) is 14.7. The molecule has 208 valence electrons. The van der Waals surface area contributed by atoms with Crippen molar-refractivity contribution in [3.8, 4) is 0 Å². The van der Waals surface area contributed by atoms with Crippen LogP contribution in [-0.2, 0) is 26.2 Å². The lowest BCUT2D eigenvalue weighted by molar-refractivity contribution is -0.139. The Balaban J connectivity index is 2.03. The molecule has 0 unspecified atom stereocenters. The fourth-order valence-corrected chi connectivity index (χ4v) is 5.57. The quantitative estimate of drug-likeness (QED) is 0.354. The molecule has 7 nitrogen and oxygen atoms in total. The third-order valence-corrected chi connectivity index (χ3v) is 8.32. The zero-order chi connectivity index (χ0) is 28.7. The van der Waals surface area contributed by atoms with Gasteiger partial charge in [-0.3, -0.25) is 13.9 Å². The lowest BCUT2D eigenvalue weighted by Crippen LogP contribution is -2.52. The van der Waals surface area contributed by atoms with Gasteiger partial charge in [-0.25, -0.2) is 8.42 Å². The number of rotatable bonds is 11. The summed E-state index contributed by atoms with van der Waals surface area (Å²) in [6.45, 7) is 11.1. The van der Waals surface area contributed by atoms with Gasteiger partial charge >= 0.3 is 0 Å². The first-order chi connectivity index (χ1) is 18.4. The molecular formula is C31H39N3O4S. The Hall–Kier alpha value is -3.65. The van der Waals surface area contributed by atoms with Crippen LogP contribution in [0, 0.1) is 6.92 Å². The van der Waals surface area contributed by atoms with Crippen LogP contribution < -0.4 is 9.62 Å². The Morgan fingerprint density at radius 2 is 1.41 bits per heavy atom. The molecule has 1 atom stereocenters. The Kier molecular flexibility index (Phi) is 9.92. The number of aryl methyl sites for hydroxylation is 1. The maximum absolute atomic E-state index is 13.9. The molecule has 0 spiro atoms. The molecule has 3 rings (SSSR count). The number of anilines is 1. The summed E-state index contributed by atoms with van der Waals surface area (Å²) in [5.41, 5.74) is 3.20. The van der Waals surface area contributed by atoms with Gasteiger partial charge < -0.3 is 10.2 Å². The van der Waals surface area contributed by atoms with Crippen molar-refractivity contribution in [3.05, 3.63) is 95.6 Å². The van der Waals surface area contributed by atoms with Gasteiger partial charge in [-0.15, -0.1) is 0 Å². The topological polar surface area (TPSA) is 86.8 Å². The van der Waals surface area contributed by atoms with E-state index in [1.807, 2.05) is 63.2 Å². The number of hydrogen-bond donors (Lipinski definition) is 1. The van der Waals surface area contributed by atoms with Gasteiger partial charge in [0.25, 0.3) is 10.0 Å². The number of amides is 2. The number of sulfonamides is 1. The number of benzene rings is 3. The largest absolute Gasteiger partial charge is 0.352 e. The van der Waals surface area contributed by atoms with E-state index in [0.717, 1.165) is 21.0 Å². The average molecular weight is 550 g/mol. The summed E-state index contributed by atoms with van der Waals surface area (Å²) in [5.74, 6) is -0.512. The Bertz CT molecular complexity index is 1350. The highest BCUT2D eigenvalue weighted by molar-refractivity contribution is 7.92. The van der Waals surface area contributed by atoms with Crippen LogP contribution in [-0.4, -0.2) is 43.8 Å². The van der Waals surface area contributed by atoms with Crippen LogP contribution in [0.25, 0.3) is 0 Å². The van der Waals surface area contributed by atoms with E-state index in [1.54, 1.807) is 43.3 Å². The molecular weight excluding hydrogens is 510 g/mol. The number of carbonyl (C=O) groups excluding carboxylic acids is 2. The van der Waals surface area contributed by atoms with E-state index in [2.05, 4.69) is 19.2 Å². The summed E-state index contributed by atoms with van der Waals surface area (Å²) >= 11 is 0. The number of hydrogen-bond acceptors (Lipinski definition) is 4. The van der Waals surface area contributed by atoms with Gasteiger partial charge in [-0.2, -0.15) is 0 Å². The minimum Gasteiger partial charge on any atom is -0.352 e. The minimum atomic E-state index is -4.09. The molecule has 0 aromatic heterocycles. The summed E-state index contributed by atoms with van der Waals surface area (Å²) in [7, 11) is -4.09. The molecule has 0 saturated heterocycles. The van der Waals surface area contributed by atoms with Crippen molar-refractivity contribution in [2.24, 2.45) is 0 Å². The molecule has 0 aliphatic heterocycles. The smallest absolute Gasteiger partial charge is 0.264 e. The molecule has 0 radical (unpaired) electrons. The Morgan fingerprint density at radius 3 is 1.95 bits per heavy atom. The van der Waals surface area contributed by atoms with E-state index < -0.39 is 28.5 Å². The molecule has 2 amide bonds. The summed E-state index contributed by atoms with van der Waals surface area (Å²) in [5, 5.41) is 2.86. The lowest BCUT2D eigenvalue weighted by Gasteiger charge is -2.32. The Morgan fingerprint density at radius 1 is 0.821 bits per heavy atom. The molecule has 0 heterocycles. The zero-order valence-corrected chi connectivity index (χ0v) is 24.4. The van der Waals surface area contributed by atoms with Crippen LogP contribution in [0.3, 0.4) is 0 Å². The minimum absolute atomic E-state index is 0.0917. The second-order valence-electron chi connectivity index (χ2n) is 10.4. The van der Waals surface area contributed by atoms with E-state index >= 15 is 0 Å². The highest BCUT2D eigenvalue weighted by Gasteiger charge is 2.32. The van der Waals surface area contributed by atoms with Crippen molar-refractivity contribution in [2.75, 3.05) is 10.8 Å². The standard InChI is InChI=1S/C31H39N3O4S/c1-22(2)27-14-16-28(17-15-27)34(39(37,38)29-18-12-24(5)13-19-29)21-30(35)33(20-26-10-8-7-9-11-26)25(6)31(36)32-23(3)4/h7-19,22-23,25H,20-21H2,1-6H3,(H,32,36)/t25-/m1/s1. The van der Waals surface area contributed by atoms with Crippen LogP contribution in [0.5, 0.6) is 0 Å². The third kappa shape index (κ3) is 7.69. The maximum Gasteiger partial charge on any atom is 0.264 e. The lowest BCUT2D eigenvalue weighted by atomic mass is 10.0. The average Bonchev–Trinajstić information content (AvgIpc) is 2.90. The second kappa shape index (κ2) is 12.9. The van der Waals surface area contributed by atoms with Crippen molar-refractivity contribution < 1.29 is 18.0 Å². The molecule has 3 aromatic carbocycles. The number of nitrogens with one attached hydrogen (secondary N) is 1. The first kappa shape index (κ1) is 29.9. The van der Waals surface area contributed by atoms with Crippen molar-refractivity contribution >= 4 is 27.5 Å². The summed E-state index contributed by atoms with van der Waals surface area (Å²) < 4.78 is 28.9. The van der Waals surface area contributed by atoms with Crippen LogP contribution >= 0.6 is 0 Å². The van der Waals surface area contributed by atoms with Gasteiger partial charge in [0, 0.05) is 12.6 Å². The Labute approximate surface area is 232 Å². The van der Waals surface area contributed by atoms with Gasteiger partial charge in [-0.1, -0.05) is 74.0 Å². The normalized spacial score (nSPS) is 12.3. The zero-order valence-electron chi connectivity index (χ0n) is 23.6. The first-order valence-electron chi connectivity index (χ1n) is 13.2. The second-order valence-corrected chi connectivity index (χ2v) is 12.3. The number of nitrogens with zero attached hydrogens (tertiary/aromatic N) is 2.